The molecule has 0 aliphatic heterocycles. The van der Waals surface area contributed by atoms with Gasteiger partial charge in [0.25, 0.3) is 11.3 Å². The fraction of sp³-hybridized carbons (Fsp3) is 0.214. The lowest BCUT2D eigenvalue weighted by Crippen LogP contribution is -2.27. The number of hydrogen-bond donors (Lipinski definition) is 4. The van der Waals surface area contributed by atoms with Crippen LogP contribution in [0.1, 0.15) is 17.4 Å². The summed E-state index contributed by atoms with van der Waals surface area (Å²) in [5.74, 6) is -4.11. The molecule has 10 heteroatoms. The maximum absolute atomic E-state index is 12.7. The van der Waals surface area contributed by atoms with Crippen molar-refractivity contribution in [2.24, 2.45) is 0 Å². The second kappa shape index (κ2) is 6.32. The van der Waals surface area contributed by atoms with Crippen LogP contribution in [0.5, 0.6) is 17.4 Å². The van der Waals surface area contributed by atoms with Gasteiger partial charge in [0.2, 0.25) is 5.75 Å². The molecule has 1 heterocycles. The third-order valence-electron chi connectivity index (χ3n) is 3.09. The lowest BCUT2D eigenvalue weighted by molar-refractivity contribution is -0.211. The van der Waals surface area contributed by atoms with Gasteiger partial charge in [-0.3, -0.25) is 4.79 Å². The number of nitrogens with zero attached hydrogens (tertiary/aromatic N) is 1. The van der Waals surface area contributed by atoms with E-state index in [0.29, 0.717) is 5.56 Å². The molecule has 2 aromatic rings. The second-order valence-electron chi connectivity index (χ2n) is 4.75. The zero-order valence-corrected chi connectivity index (χ0v) is 11.9. The van der Waals surface area contributed by atoms with Gasteiger partial charge in [0.15, 0.2) is 11.9 Å². The molecule has 0 fully saturated rings. The molecule has 0 aliphatic rings. The van der Waals surface area contributed by atoms with Crippen molar-refractivity contribution in [1.29, 1.82) is 0 Å². The van der Waals surface area contributed by atoms with E-state index in [9.17, 15) is 38.5 Å². The van der Waals surface area contributed by atoms with Gasteiger partial charge in [-0.1, -0.05) is 30.3 Å². The fourth-order valence-electron chi connectivity index (χ4n) is 1.90. The standard InChI is InChI=1S/C14H12F3NO6/c15-14(16,17)12(21)8-11(9(19)10(20)13(22)18(8)23)24-6-7-4-2-1-3-5-7/h1-5,12,20-23H,6H2. The fourth-order valence-corrected chi connectivity index (χ4v) is 1.90. The Morgan fingerprint density at radius 2 is 1.75 bits per heavy atom. The molecule has 0 radical (unpaired) electrons. The van der Waals surface area contributed by atoms with Crippen molar-refractivity contribution in [3.8, 4) is 17.4 Å². The number of ether oxygens (including phenoxy) is 1. The van der Waals surface area contributed by atoms with Crippen LogP contribution in [-0.4, -0.2) is 31.4 Å². The zero-order valence-electron chi connectivity index (χ0n) is 11.9. The van der Waals surface area contributed by atoms with Gasteiger partial charge >= 0.3 is 6.18 Å². The molecule has 0 aliphatic carbocycles. The Morgan fingerprint density at radius 3 is 2.29 bits per heavy atom. The third-order valence-corrected chi connectivity index (χ3v) is 3.09. The summed E-state index contributed by atoms with van der Waals surface area (Å²) < 4.78 is 42.7. The molecule has 0 bridgehead atoms. The molecule has 4 N–H and O–H groups in total. The van der Waals surface area contributed by atoms with Crippen LogP contribution < -0.4 is 10.2 Å². The van der Waals surface area contributed by atoms with Crippen LogP contribution in [0, 0.1) is 0 Å². The highest BCUT2D eigenvalue weighted by Crippen LogP contribution is 2.38. The van der Waals surface area contributed by atoms with E-state index in [-0.39, 0.29) is 6.61 Å². The van der Waals surface area contributed by atoms with Crippen molar-refractivity contribution in [2.75, 3.05) is 0 Å². The molecule has 1 atom stereocenters. The van der Waals surface area contributed by atoms with Crippen LogP contribution >= 0.6 is 0 Å². The summed E-state index contributed by atoms with van der Waals surface area (Å²) >= 11 is 0. The number of aliphatic hydroxyl groups excluding tert-OH is 1. The van der Waals surface area contributed by atoms with Gasteiger partial charge in [0, 0.05) is 0 Å². The summed E-state index contributed by atoms with van der Waals surface area (Å²) in [7, 11) is 0. The van der Waals surface area contributed by atoms with Crippen molar-refractivity contribution in [1.82, 2.24) is 4.73 Å². The quantitative estimate of drug-likeness (QED) is 0.626. The van der Waals surface area contributed by atoms with Crippen molar-refractivity contribution < 1.29 is 38.4 Å². The average molecular weight is 347 g/mol. The van der Waals surface area contributed by atoms with Crippen molar-refractivity contribution in [3.05, 3.63) is 51.8 Å². The van der Waals surface area contributed by atoms with Crippen molar-refractivity contribution in [3.63, 3.8) is 0 Å². The number of alkyl halides is 3. The number of benzene rings is 1. The Labute approximate surface area is 132 Å². The zero-order chi connectivity index (χ0) is 18.1. The van der Waals surface area contributed by atoms with E-state index >= 15 is 0 Å². The van der Waals surface area contributed by atoms with Crippen LogP contribution in [0.3, 0.4) is 0 Å². The summed E-state index contributed by atoms with van der Waals surface area (Å²) in [5.41, 5.74) is -2.48. The molecule has 2 rings (SSSR count). The minimum atomic E-state index is -5.26. The van der Waals surface area contributed by atoms with Gasteiger partial charge in [-0.05, 0) is 5.56 Å². The lowest BCUT2D eigenvalue weighted by Gasteiger charge is -2.20. The SMILES string of the molecule is O=c1c(O)c(O)n(O)c(C(O)C(F)(F)F)c1OCc1ccccc1. The highest BCUT2D eigenvalue weighted by atomic mass is 19.4. The van der Waals surface area contributed by atoms with Crippen LogP contribution in [0.2, 0.25) is 0 Å². The molecular weight excluding hydrogens is 335 g/mol. The largest absolute Gasteiger partial charge is 0.500 e. The summed E-state index contributed by atoms with van der Waals surface area (Å²) in [6.07, 6.45) is -8.59. The van der Waals surface area contributed by atoms with Crippen LogP contribution in [0.15, 0.2) is 35.1 Å². The number of pyridine rings is 1. The Kier molecular flexibility index (Phi) is 4.60. The lowest BCUT2D eigenvalue weighted by atomic mass is 10.2. The summed E-state index contributed by atoms with van der Waals surface area (Å²) in [5, 5.41) is 37.6. The molecule has 130 valence electrons. The molecule has 7 nitrogen and oxygen atoms in total. The Balaban J connectivity index is 2.54. The van der Waals surface area contributed by atoms with E-state index < -0.39 is 45.5 Å². The highest BCUT2D eigenvalue weighted by molar-refractivity contribution is 5.44. The van der Waals surface area contributed by atoms with E-state index in [2.05, 4.69) is 0 Å². The van der Waals surface area contributed by atoms with Crippen LogP contribution in [0.25, 0.3) is 0 Å². The number of aliphatic hydroxyl groups is 1. The first-order chi connectivity index (χ1) is 11.1. The molecule has 0 amide bonds. The maximum atomic E-state index is 12.7. The van der Waals surface area contributed by atoms with Crippen LogP contribution in [0.4, 0.5) is 13.2 Å². The maximum Gasteiger partial charge on any atom is 0.420 e. The number of aromatic hydroxyl groups is 2. The normalized spacial score (nSPS) is 12.8. The van der Waals surface area contributed by atoms with Crippen LogP contribution in [-0.2, 0) is 6.61 Å². The minimum Gasteiger partial charge on any atom is -0.500 e. The molecule has 1 aromatic heterocycles. The molecule has 0 saturated heterocycles. The molecular formula is C14H12F3NO6. The number of halogens is 3. The Hall–Kier alpha value is -2.88. The average Bonchev–Trinajstić information content (AvgIpc) is 2.54. The molecule has 1 aromatic carbocycles. The molecule has 24 heavy (non-hydrogen) atoms. The van der Waals surface area contributed by atoms with Gasteiger partial charge in [-0.25, -0.2) is 0 Å². The first kappa shape index (κ1) is 17.5. The van der Waals surface area contributed by atoms with E-state index in [4.69, 9.17) is 4.74 Å². The third kappa shape index (κ3) is 3.23. The summed E-state index contributed by atoms with van der Waals surface area (Å²) in [4.78, 5) is 11.9. The molecule has 0 spiro atoms. The monoisotopic (exact) mass is 347 g/mol. The first-order valence-corrected chi connectivity index (χ1v) is 6.46. The minimum absolute atomic E-state index is 0.377. The molecule has 0 saturated carbocycles. The van der Waals surface area contributed by atoms with Crippen molar-refractivity contribution in [2.45, 2.75) is 18.9 Å². The van der Waals surface area contributed by atoms with Gasteiger partial charge in [0.05, 0.1) is 0 Å². The van der Waals surface area contributed by atoms with Gasteiger partial charge in [0.1, 0.15) is 12.3 Å². The Bertz CT molecular complexity index is 788. The smallest absolute Gasteiger partial charge is 0.420 e. The van der Waals surface area contributed by atoms with Gasteiger partial charge in [-0.2, -0.15) is 13.2 Å². The van der Waals surface area contributed by atoms with E-state index in [1.165, 1.54) is 0 Å². The predicted octanol–water partition coefficient (Wildman–Crippen LogP) is 1.67. The second-order valence-corrected chi connectivity index (χ2v) is 4.75. The van der Waals surface area contributed by atoms with Gasteiger partial charge in [-0.15, -0.1) is 4.73 Å². The van der Waals surface area contributed by atoms with E-state index in [1.807, 2.05) is 0 Å². The summed E-state index contributed by atoms with van der Waals surface area (Å²) in [6, 6.07) is 8.01. The number of aromatic nitrogens is 1. The van der Waals surface area contributed by atoms with Crippen molar-refractivity contribution >= 4 is 0 Å². The Morgan fingerprint density at radius 1 is 1.17 bits per heavy atom. The number of rotatable bonds is 4. The number of hydrogen-bond acceptors (Lipinski definition) is 6. The molecule has 1 unspecified atom stereocenters. The van der Waals surface area contributed by atoms with E-state index in [1.54, 1.807) is 30.3 Å². The van der Waals surface area contributed by atoms with Gasteiger partial charge < -0.3 is 25.3 Å². The summed E-state index contributed by atoms with van der Waals surface area (Å²) in [6.45, 7) is -0.377. The first-order valence-electron chi connectivity index (χ1n) is 6.46. The predicted molar refractivity (Wildman–Crippen MR) is 73.0 cm³/mol. The van der Waals surface area contributed by atoms with E-state index in [0.717, 1.165) is 0 Å². The highest BCUT2D eigenvalue weighted by Gasteiger charge is 2.45. The topological polar surface area (TPSA) is 112 Å².